The fraction of sp³-hybridized carbons (Fsp3) is 0.625. The molecule has 0 radical (unpaired) electrons. The van der Waals surface area contributed by atoms with Gasteiger partial charge in [0.15, 0.2) is 5.82 Å². The molecule has 1 heterocycles. The van der Waals surface area contributed by atoms with E-state index < -0.39 is 0 Å². The molecule has 0 saturated heterocycles. The van der Waals surface area contributed by atoms with Crippen molar-refractivity contribution in [2.45, 2.75) is 19.8 Å². The van der Waals surface area contributed by atoms with Crippen LogP contribution >= 0.6 is 0 Å². The maximum absolute atomic E-state index is 3.95. The van der Waals surface area contributed by atoms with Crippen LogP contribution in [0.1, 0.15) is 19.2 Å². The quantitative estimate of drug-likeness (QED) is 0.722. The molecule has 1 aromatic heterocycles. The normalized spacial score (nSPS) is 10.0. The molecule has 1 rings (SSSR count). The molecule has 1 N–H and O–H groups in total. The molecule has 0 aliphatic rings. The van der Waals surface area contributed by atoms with Crippen LogP contribution in [0.15, 0.2) is 12.3 Å². The Morgan fingerprint density at radius 3 is 2.92 bits per heavy atom. The summed E-state index contributed by atoms with van der Waals surface area (Å²) in [5.74, 6) is 0.688. The van der Waals surface area contributed by atoms with Gasteiger partial charge in [0.1, 0.15) is 0 Å². The van der Waals surface area contributed by atoms with Gasteiger partial charge in [0, 0.05) is 19.3 Å². The van der Waals surface area contributed by atoms with E-state index in [1.54, 1.807) is 0 Å². The summed E-state index contributed by atoms with van der Waals surface area (Å²) in [7, 11) is 2.02. The van der Waals surface area contributed by atoms with Crippen LogP contribution in [0.5, 0.6) is 0 Å². The average Bonchev–Trinajstić information content (AvgIpc) is 2.57. The molecule has 0 aliphatic carbocycles. The van der Waals surface area contributed by atoms with Gasteiger partial charge < -0.3 is 4.90 Å². The molecule has 0 unspecified atom stereocenters. The van der Waals surface area contributed by atoms with Crippen molar-refractivity contribution in [1.82, 2.24) is 25.5 Å². The third kappa shape index (κ3) is 2.85. The summed E-state index contributed by atoms with van der Waals surface area (Å²) in [6.07, 6.45) is 1.77. The molecule has 0 spiro atoms. The van der Waals surface area contributed by atoms with E-state index in [-0.39, 0.29) is 0 Å². The monoisotopic (exact) mass is 181 g/mol. The minimum atomic E-state index is 0.660. The van der Waals surface area contributed by atoms with Gasteiger partial charge >= 0.3 is 0 Å². The van der Waals surface area contributed by atoms with Crippen LogP contribution in [0.3, 0.4) is 0 Å². The van der Waals surface area contributed by atoms with E-state index in [4.69, 9.17) is 0 Å². The highest BCUT2D eigenvalue weighted by Gasteiger charge is 2.05. The number of aromatic nitrogens is 4. The molecule has 0 aliphatic heterocycles. The predicted molar refractivity (Wildman–Crippen MR) is 49.9 cm³/mol. The Kier molecular flexibility index (Phi) is 3.42. The van der Waals surface area contributed by atoms with E-state index in [0.29, 0.717) is 12.2 Å². The van der Waals surface area contributed by atoms with E-state index in [1.807, 2.05) is 7.05 Å². The van der Waals surface area contributed by atoms with Crippen LogP contribution < -0.4 is 0 Å². The number of hydrogen-bond donors (Lipinski definition) is 1. The lowest BCUT2D eigenvalue weighted by atomic mass is 10.3. The SMILES string of the molecule is C=C(Cc1nn[nH]n1)N(C)CCC. The summed E-state index contributed by atoms with van der Waals surface area (Å²) in [6.45, 7) is 7.10. The van der Waals surface area contributed by atoms with Crippen molar-refractivity contribution in [1.29, 1.82) is 0 Å². The second kappa shape index (κ2) is 4.59. The van der Waals surface area contributed by atoms with Crippen molar-refractivity contribution in [2.24, 2.45) is 0 Å². The number of rotatable bonds is 5. The van der Waals surface area contributed by atoms with Crippen LogP contribution in [-0.4, -0.2) is 39.1 Å². The maximum atomic E-state index is 3.95. The number of nitrogens with one attached hydrogen (secondary N) is 1. The number of H-pyrrole nitrogens is 1. The van der Waals surface area contributed by atoms with Gasteiger partial charge in [-0.25, -0.2) is 0 Å². The third-order valence-corrected chi connectivity index (χ3v) is 1.85. The fourth-order valence-electron chi connectivity index (χ4n) is 1.07. The molecular weight excluding hydrogens is 166 g/mol. The lowest BCUT2D eigenvalue weighted by Crippen LogP contribution is -2.19. The van der Waals surface area contributed by atoms with Gasteiger partial charge in [-0.2, -0.15) is 5.21 Å². The van der Waals surface area contributed by atoms with Crippen LogP contribution in [0.2, 0.25) is 0 Å². The second-order valence-corrected chi connectivity index (χ2v) is 2.99. The largest absolute Gasteiger partial charge is 0.378 e. The Balaban J connectivity index is 2.41. The van der Waals surface area contributed by atoms with E-state index in [0.717, 1.165) is 18.7 Å². The fourth-order valence-corrected chi connectivity index (χ4v) is 1.07. The van der Waals surface area contributed by atoms with Crippen molar-refractivity contribution in [3.63, 3.8) is 0 Å². The third-order valence-electron chi connectivity index (χ3n) is 1.85. The first-order valence-corrected chi connectivity index (χ1v) is 4.35. The molecule has 0 aromatic carbocycles. The van der Waals surface area contributed by atoms with E-state index in [1.165, 1.54) is 0 Å². The van der Waals surface area contributed by atoms with Crippen molar-refractivity contribution in [3.8, 4) is 0 Å². The smallest absolute Gasteiger partial charge is 0.180 e. The summed E-state index contributed by atoms with van der Waals surface area (Å²) >= 11 is 0. The van der Waals surface area contributed by atoms with Crippen molar-refractivity contribution in [2.75, 3.05) is 13.6 Å². The first-order chi connectivity index (χ1) is 6.24. The van der Waals surface area contributed by atoms with Gasteiger partial charge in [0.2, 0.25) is 0 Å². The topological polar surface area (TPSA) is 57.7 Å². The summed E-state index contributed by atoms with van der Waals surface area (Å²) in [5.41, 5.74) is 1.02. The zero-order valence-electron chi connectivity index (χ0n) is 8.12. The van der Waals surface area contributed by atoms with Gasteiger partial charge in [-0.1, -0.05) is 18.7 Å². The van der Waals surface area contributed by atoms with Crippen LogP contribution in [0.4, 0.5) is 0 Å². The molecule has 13 heavy (non-hydrogen) atoms. The van der Waals surface area contributed by atoms with Gasteiger partial charge in [-0.05, 0) is 6.42 Å². The summed E-state index contributed by atoms with van der Waals surface area (Å²) in [6, 6.07) is 0. The average molecular weight is 181 g/mol. The summed E-state index contributed by atoms with van der Waals surface area (Å²) < 4.78 is 0. The van der Waals surface area contributed by atoms with E-state index in [2.05, 4.69) is 39.0 Å². The summed E-state index contributed by atoms with van der Waals surface area (Å²) in [4.78, 5) is 2.11. The molecule has 0 saturated carbocycles. The molecule has 0 amide bonds. The first-order valence-electron chi connectivity index (χ1n) is 4.35. The molecule has 5 heteroatoms. The van der Waals surface area contributed by atoms with E-state index in [9.17, 15) is 0 Å². The summed E-state index contributed by atoms with van der Waals surface area (Å²) in [5, 5.41) is 13.6. The predicted octanol–water partition coefficient (Wildman–Crippen LogP) is 0.598. The first kappa shape index (κ1) is 9.70. The number of hydrogen-bond acceptors (Lipinski definition) is 4. The molecule has 0 fully saturated rings. The number of nitrogens with zero attached hydrogens (tertiary/aromatic N) is 4. The van der Waals surface area contributed by atoms with Gasteiger partial charge in [-0.3, -0.25) is 0 Å². The lowest BCUT2D eigenvalue weighted by molar-refractivity contribution is 0.407. The molecule has 0 bridgehead atoms. The molecule has 5 nitrogen and oxygen atoms in total. The van der Waals surface area contributed by atoms with Gasteiger partial charge in [0.05, 0.1) is 6.42 Å². The Morgan fingerprint density at radius 1 is 1.62 bits per heavy atom. The minimum absolute atomic E-state index is 0.660. The minimum Gasteiger partial charge on any atom is -0.378 e. The lowest BCUT2D eigenvalue weighted by Gasteiger charge is -2.19. The maximum Gasteiger partial charge on any atom is 0.180 e. The number of aromatic amines is 1. The van der Waals surface area contributed by atoms with Gasteiger partial charge in [0.25, 0.3) is 0 Å². The Labute approximate surface area is 77.8 Å². The number of likely N-dealkylation sites (N-methyl/N-ethyl adjacent to an activating group) is 1. The number of allylic oxidation sites excluding steroid dienone is 1. The highest BCUT2D eigenvalue weighted by molar-refractivity contribution is 5.00. The van der Waals surface area contributed by atoms with Gasteiger partial charge in [-0.15, -0.1) is 10.2 Å². The van der Waals surface area contributed by atoms with Crippen molar-refractivity contribution >= 4 is 0 Å². The highest BCUT2D eigenvalue weighted by atomic mass is 15.5. The van der Waals surface area contributed by atoms with E-state index >= 15 is 0 Å². The molecule has 1 aromatic rings. The number of tetrazole rings is 1. The molecular formula is C8H15N5. The Bertz CT molecular complexity index is 254. The second-order valence-electron chi connectivity index (χ2n) is 2.99. The zero-order chi connectivity index (χ0) is 9.68. The Morgan fingerprint density at radius 2 is 2.38 bits per heavy atom. The van der Waals surface area contributed by atoms with Crippen LogP contribution in [0.25, 0.3) is 0 Å². The zero-order valence-corrected chi connectivity index (χ0v) is 8.12. The van der Waals surface area contributed by atoms with Crippen LogP contribution in [0, 0.1) is 0 Å². The van der Waals surface area contributed by atoms with Crippen molar-refractivity contribution in [3.05, 3.63) is 18.1 Å². The van der Waals surface area contributed by atoms with Crippen molar-refractivity contribution < 1.29 is 0 Å². The van der Waals surface area contributed by atoms with Crippen LogP contribution in [-0.2, 0) is 6.42 Å². The standard InChI is InChI=1S/C8H15N5/c1-4-5-13(3)7(2)6-8-9-11-12-10-8/h2,4-6H2,1,3H3,(H,9,10,11,12). The highest BCUT2D eigenvalue weighted by Crippen LogP contribution is 2.04. The molecule has 72 valence electrons. The Hall–Kier alpha value is -1.39. The molecule has 0 atom stereocenters.